The Balaban J connectivity index is 2.67. The number of benzene rings is 1. The highest BCUT2D eigenvalue weighted by atomic mass is 35.5. The summed E-state index contributed by atoms with van der Waals surface area (Å²) in [5.74, 6) is 0.0103. The van der Waals surface area contributed by atoms with Crippen molar-refractivity contribution < 1.29 is 18.0 Å². The van der Waals surface area contributed by atoms with E-state index in [1.807, 2.05) is 20.8 Å². The van der Waals surface area contributed by atoms with E-state index in [9.17, 15) is 18.0 Å². The van der Waals surface area contributed by atoms with Crippen LogP contribution in [0.4, 0.5) is 19.0 Å². The van der Waals surface area contributed by atoms with E-state index in [0.29, 0.717) is 5.69 Å². The van der Waals surface area contributed by atoms with E-state index >= 15 is 0 Å². The summed E-state index contributed by atoms with van der Waals surface area (Å²) in [6.45, 7) is 7.43. The van der Waals surface area contributed by atoms with E-state index in [1.165, 1.54) is 4.68 Å². The van der Waals surface area contributed by atoms with Crippen LogP contribution in [0.2, 0.25) is 10.0 Å². The molecular weight excluding hydrogens is 390 g/mol. The third-order valence-electron chi connectivity index (χ3n) is 3.62. The van der Waals surface area contributed by atoms with Crippen molar-refractivity contribution in [3.63, 3.8) is 0 Å². The van der Waals surface area contributed by atoms with E-state index in [2.05, 4.69) is 10.4 Å². The van der Waals surface area contributed by atoms with Crippen LogP contribution in [0.1, 0.15) is 45.4 Å². The lowest BCUT2D eigenvalue weighted by Gasteiger charge is -2.15. The Morgan fingerprint density at radius 1 is 1.15 bits per heavy atom. The maximum absolute atomic E-state index is 12.9. The van der Waals surface area contributed by atoms with E-state index in [-0.39, 0.29) is 39.3 Å². The average Bonchev–Trinajstić information content (AvgIpc) is 2.89. The number of halogens is 5. The molecule has 2 rings (SSSR count). The Kier molecular flexibility index (Phi) is 5.63. The van der Waals surface area contributed by atoms with Gasteiger partial charge in [-0.3, -0.25) is 4.79 Å². The highest BCUT2D eigenvalue weighted by molar-refractivity contribution is 6.38. The Bertz CT molecular complexity index is 816. The molecule has 0 fully saturated rings. The van der Waals surface area contributed by atoms with Gasteiger partial charge >= 0.3 is 6.18 Å². The number of carbonyl (C=O) groups is 1. The fourth-order valence-corrected chi connectivity index (χ4v) is 2.82. The number of carbonyl (C=O) groups excluding carboxylic acids is 1. The van der Waals surface area contributed by atoms with Gasteiger partial charge in [-0.05, 0) is 12.1 Å². The van der Waals surface area contributed by atoms with Crippen molar-refractivity contribution in [1.29, 1.82) is 0 Å². The van der Waals surface area contributed by atoms with Crippen LogP contribution < -0.4 is 5.32 Å². The molecule has 142 valence electrons. The third-order valence-corrected chi connectivity index (χ3v) is 4.20. The van der Waals surface area contributed by atoms with Crippen LogP contribution in [0.15, 0.2) is 18.2 Å². The van der Waals surface area contributed by atoms with E-state index < -0.39 is 11.7 Å². The SMILES string of the molecule is CCC(=O)Nc1cc(C(C)(C)C)nn1-c1c(Cl)cc(C(F)(F)F)cc1Cl. The Morgan fingerprint density at radius 3 is 2.12 bits per heavy atom. The second-order valence-corrected chi connectivity index (χ2v) is 7.58. The van der Waals surface area contributed by atoms with Gasteiger partial charge in [0.1, 0.15) is 11.5 Å². The van der Waals surface area contributed by atoms with Gasteiger partial charge in [-0.25, -0.2) is 4.68 Å². The lowest BCUT2D eigenvalue weighted by molar-refractivity contribution is -0.137. The number of alkyl halides is 3. The van der Waals surface area contributed by atoms with Crippen LogP contribution in [0.25, 0.3) is 5.69 Å². The zero-order chi connectivity index (χ0) is 19.9. The first-order chi connectivity index (χ1) is 11.8. The van der Waals surface area contributed by atoms with Gasteiger partial charge < -0.3 is 5.32 Å². The molecule has 0 saturated heterocycles. The number of aromatic nitrogens is 2. The zero-order valence-corrected chi connectivity index (χ0v) is 16.1. The molecule has 1 aromatic heterocycles. The minimum absolute atomic E-state index is 0.0724. The molecule has 1 aromatic carbocycles. The summed E-state index contributed by atoms with van der Waals surface area (Å²) >= 11 is 12.2. The van der Waals surface area contributed by atoms with Gasteiger partial charge in [-0.15, -0.1) is 0 Å². The van der Waals surface area contributed by atoms with Crippen molar-refractivity contribution in [3.05, 3.63) is 39.5 Å². The summed E-state index contributed by atoms with van der Waals surface area (Å²) in [5, 5.41) is 6.63. The van der Waals surface area contributed by atoms with Crippen LogP contribution in [0.3, 0.4) is 0 Å². The van der Waals surface area contributed by atoms with Crippen molar-refractivity contribution in [1.82, 2.24) is 9.78 Å². The van der Waals surface area contributed by atoms with Gasteiger partial charge in [0.15, 0.2) is 0 Å². The highest BCUT2D eigenvalue weighted by Crippen LogP contribution is 2.39. The van der Waals surface area contributed by atoms with E-state index in [0.717, 1.165) is 12.1 Å². The average molecular weight is 408 g/mol. The summed E-state index contributed by atoms with van der Waals surface area (Å²) in [6, 6.07) is 3.22. The fraction of sp³-hybridized carbons (Fsp3) is 0.412. The summed E-state index contributed by atoms with van der Waals surface area (Å²) < 4.78 is 40.1. The molecule has 1 heterocycles. The molecule has 0 bridgehead atoms. The fourth-order valence-electron chi connectivity index (χ4n) is 2.17. The summed E-state index contributed by atoms with van der Waals surface area (Å²) in [6.07, 6.45) is -4.35. The molecule has 9 heteroatoms. The molecule has 0 aliphatic heterocycles. The molecule has 2 aromatic rings. The predicted octanol–water partition coefficient (Wildman–Crippen LogP) is 5.84. The normalized spacial score (nSPS) is 12.3. The molecule has 0 aliphatic carbocycles. The smallest absolute Gasteiger partial charge is 0.311 e. The second kappa shape index (κ2) is 7.12. The zero-order valence-electron chi connectivity index (χ0n) is 14.6. The number of amides is 1. The quantitative estimate of drug-likeness (QED) is 0.693. The van der Waals surface area contributed by atoms with Crippen molar-refractivity contribution in [2.45, 2.75) is 45.7 Å². The molecular formula is C17H18Cl2F3N3O. The third kappa shape index (κ3) is 4.32. The Morgan fingerprint density at radius 2 is 1.69 bits per heavy atom. The molecule has 0 aliphatic rings. The van der Waals surface area contributed by atoms with Gasteiger partial charge in [0.05, 0.1) is 21.3 Å². The van der Waals surface area contributed by atoms with Crippen LogP contribution in [0.5, 0.6) is 0 Å². The molecule has 1 N–H and O–H groups in total. The van der Waals surface area contributed by atoms with Crippen molar-refractivity contribution in [2.24, 2.45) is 0 Å². The molecule has 0 unspecified atom stereocenters. The number of anilines is 1. The van der Waals surface area contributed by atoms with Crippen molar-refractivity contribution in [2.75, 3.05) is 5.32 Å². The number of hydrogen-bond donors (Lipinski definition) is 1. The lowest BCUT2D eigenvalue weighted by Crippen LogP contribution is -2.15. The monoisotopic (exact) mass is 407 g/mol. The number of nitrogens with zero attached hydrogens (tertiary/aromatic N) is 2. The second-order valence-electron chi connectivity index (χ2n) is 6.76. The lowest BCUT2D eigenvalue weighted by atomic mass is 9.92. The summed E-state index contributed by atoms with van der Waals surface area (Å²) in [4.78, 5) is 11.8. The van der Waals surface area contributed by atoms with E-state index in [1.54, 1.807) is 13.0 Å². The predicted molar refractivity (Wildman–Crippen MR) is 96.2 cm³/mol. The first-order valence-corrected chi connectivity index (χ1v) is 8.57. The first-order valence-electron chi connectivity index (χ1n) is 7.81. The van der Waals surface area contributed by atoms with Gasteiger partial charge in [0.25, 0.3) is 0 Å². The maximum Gasteiger partial charge on any atom is 0.416 e. The van der Waals surface area contributed by atoms with Crippen LogP contribution in [-0.4, -0.2) is 15.7 Å². The number of nitrogens with one attached hydrogen (secondary N) is 1. The minimum atomic E-state index is -4.58. The van der Waals surface area contributed by atoms with Crippen LogP contribution >= 0.6 is 23.2 Å². The van der Waals surface area contributed by atoms with Crippen LogP contribution in [-0.2, 0) is 16.4 Å². The molecule has 0 spiro atoms. The molecule has 0 saturated carbocycles. The first kappa shape index (κ1) is 20.6. The molecule has 0 atom stereocenters. The summed E-state index contributed by atoms with van der Waals surface area (Å²) in [5.41, 5.74) is -0.625. The molecule has 26 heavy (non-hydrogen) atoms. The Hall–Kier alpha value is -1.73. The van der Waals surface area contributed by atoms with Crippen molar-refractivity contribution in [3.8, 4) is 5.69 Å². The molecule has 1 amide bonds. The van der Waals surface area contributed by atoms with Crippen molar-refractivity contribution >= 4 is 34.9 Å². The maximum atomic E-state index is 12.9. The van der Waals surface area contributed by atoms with E-state index in [4.69, 9.17) is 23.2 Å². The largest absolute Gasteiger partial charge is 0.416 e. The summed E-state index contributed by atoms with van der Waals surface area (Å²) in [7, 11) is 0. The van der Waals surface area contributed by atoms with Gasteiger partial charge in [0, 0.05) is 17.9 Å². The Labute approximate surface area is 159 Å². The number of rotatable bonds is 3. The van der Waals surface area contributed by atoms with Gasteiger partial charge in [0.2, 0.25) is 5.91 Å². The minimum Gasteiger partial charge on any atom is -0.311 e. The topological polar surface area (TPSA) is 46.9 Å². The standard InChI is InChI=1S/C17H18Cl2F3N3O/c1-5-14(26)23-13-8-12(16(2,3)4)24-25(13)15-10(18)6-9(7-11(15)19)17(20,21)22/h6-8H,5H2,1-4H3,(H,23,26). The molecule has 4 nitrogen and oxygen atoms in total. The number of hydrogen-bond acceptors (Lipinski definition) is 2. The highest BCUT2D eigenvalue weighted by Gasteiger charge is 2.33. The van der Waals surface area contributed by atoms with Crippen LogP contribution in [0, 0.1) is 0 Å². The molecule has 0 radical (unpaired) electrons. The van der Waals surface area contributed by atoms with Gasteiger partial charge in [-0.2, -0.15) is 18.3 Å². The van der Waals surface area contributed by atoms with Gasteiger partial charge in [-0.1, -0.05) is 50.9 Å².